The Labute approximate surface area is 82.0 Å². The lowest BCUT2D eigenvalue weighted by atomic mass is 9.98. The van der Waals surface area contributed by atoms with Crippen LogP contribution in [0.25, 0.3) is 0 Å². The maximum Gasteiger partial charge on any atom is 0.176 e. The number of carbonyl (C=O) groups is 1. The highest BCUT2D eigenvalue weighted by atomic mass is 16.3. The van der Waals surface area contributed by atoms with Crippen LogP contribution in [0.2, 0.25) is 0 Å². The van der Waals surface area contributed by atoms with Crippen molar-refractivity contribution in [1.82, 2.24) is 0 Å². The lowest BCUT2D eigenvalue weighted by Gasteiger charge is -2.10. The zero-order valence-electron chi connectivity index (χ0n) is 8.16. The Bertz CT molecular complexity index is 385. The van der Waals surface area contributed by atoms with Crippen LogP contribution in [-0.2, 0) is 0 Å². The summed E-state index contributed by atoms with van der Waals surface area (Å²) in [5.41, 5.74) is 6.73. The number of hydrogen-bond acceptors (Lipinski definition) is 4. The van der Waals surface area contributed by atoms with Crippen molar-refractivity contribution < 1.29 is 15.0 Å². The Kier molecular flexibility index (Phi) is 2.76. The van der Waals surface area contributed by atoms with Gasteiger partial charge in [-0.05, 0) is 31.0 Å². The minimum atomic E-state index is -0.287. The molecule has 0 aromatic heterocycles. The van der Waals surface area contributed by atoms with Crippen LogP contribution in [0.3, 0.4) is 0 Å². The predicted molar refractivity (Wildman–Crippen MR) is 52.6 cm³/mol. The second kappa shape index (κ2) is 3.67. The van der Waals surface area contributed by atoms with Gasteiger partial charge < -0.3 is 15.9 Å². The second-order valence-electron chi connectivity index (χ2n) is 3.17. The molecule has 0 amide bonds. The van der Waals surface area contributed by atoms with E-state index in [9.17, 15) is 15.0 Å². The molecular formula is C10H13NO3. The molecule has 0 aliphatic carbocycles. The maximum atomic E-state index is 11.3. The number of hydrogen-bond donors (Lipinski definition) is 3. The molecule has 0 fully saturated rings. The SMILES string of the molecule is Cc1c(C(=O)CN)cc(O)c(O)c1C. The highest BCUT2D eigenvalue weighted by molar-refractivity contribution is 5.99. The summed E-state index contributed by atoms with van der Waals surface area (Å²) in [7, 11) is 0. The Hall–Kier alpha value is -1.55. The Morgan fingerprint density at radius 1 is 1.36 bits per heavy atom. The maximum absolute atomic E-state index is 11.3. The average Bonchev–Trinajstić information content (AvgIpc) is 2.19. The molecule has 0 spiro atoms. The van der Waals surface area contributed by atoms with Crippen molar-refractivity contribution in [3.05, 3.63) is 22.8 Å². The van der Waals surface area contributed by atoms with Gasteiger partial charge in [0.1, 0.15) is 0 Å². The van der Waals surface area contributed by atoms with Gasteiger partial charge >= 0.3 is 0 Å². The summed E-state index contributed by atoms with van der Waals surface area (Å²) in [6.45, 7) is 3.24. The topological polar surface area (TPSA) is 83.6 Å². The number of phenols is 2. The van der Waals surface area contributed by atoms with E-state index in [4.69, 9.17) is 5.73 Å². The molecule has 0 aliphatic rings. The first-order valence-electron chi connectivity index (χ1n) is 4.24. The molecule has 1 rings (SSSR count). The van der Waals surface area contributed by atoms with E-state index in [1.54, 1.807) is 13.8 Å². The van der Waals surface area contributed by atoms with Crippen LogP contribution in [0.5, 0.6) is 11.5 Å². The molecule has 0 unspecified atom stereocenters. The summed E-state index contributed by atoms with van der Waals surface area (Å²) in [6, 6.07) is 1.24. The summed E-state index contributed by atoms with van der Waals surface area (Å²) in [5, 5.41) is 18.7. The smallest absolute Gasteiger partial charge is 0.176 e. The van der Waals surface area contributed by atoms with Gasteiger partial charge in [-0.2, -0.15) is 0 Å². The summed E-state index contributed by atoms with van der Waals surface area (Å²) in [4.78, 5) is 11.3. The zero-order valence-corrected chi connectivity index (χ0v) is 8.16. The van der Waals surface area contributed by atoms with Crippen molar-refractivity contribution in [3.8, 4) is 11.5 Å². The van der Waals surface area contributed by atoms with Crippen LogP contribution < -0.4 is 5.73 Å². The molecular weight excluding hydrogens is 182 g/mol. The standard InChI is InChI=1S/C10H13NO3/c1-5-6(2)10(14)8(12)3-7(5)9(13)4-11/h3,12,14H,4,11H2,1-2H3. The molecule has 0 saturated carbocycles. The third-order valence-corrected chi connectivity index (χ3v) is 2.33. The molecule has 0 bridgehead atoms. The minimum Gasteiger partial charge on any atom is -0.504 e. The monoisotopic (exact) mass is 195 g/mol. The molecule has 0 heterocycles. The van der Waals surface area contributed by atoms with Crippen LogP contribution in [0, 0.1) is 13.8 Å². The molecule has 4 nitrogen and oxygen atoms in total. The third-order valence-electron chi connectivity index (χ3n) is 2.33. The van der Waals surface area contributed by atoms with E-state index in [2.05, 4.69) is 0 Å². The van der Waals surface area contributed by atoms with Crippen LogP contribution in [0.4, 0.5) is 0 Å². The van der Waals surface area contributed by atoms with Crippen molar-refractivity contribution in [2.45, 2.75) is 13.8 Å². The molecule has 4 N–H and O–H groups in total. The molecule has 14 heavy (non-hydrogen) atoms. The molecule has 1 aromatic carbocycles. The highest BCUT2D eigenvalue weighted by Gasteiger charge is 2.14. The van der Waals surface area contributed by atoms with Crippen molar-refractivity contribution in [2.24, 2.45) is 5.73 Å². The Morgan fingerprint density at radius 3 is 2.43 bits per heavy atom. The number of ketones is 1. The van der Waals surface area contributed by atoms with Gasteiger partial charge in [0.2, 0.25) is 0 Å². The fraction of sp³-hybridized carbons (Fsp3) is 0.300. The van der Waals surface area contributed by atoms with Crippen molar-refractivity contribution in [1.29, 1.82) is 0 Å². The number of benzene rings is 1. The van der Waals surface area contributed by atoms with Crippen molar-refractivity contribution >= 4 is 5.78 Å². The number of phenolic OH excluding ortho intramolecular Hbond substituents is 2. The summed E-state index contributed by atoms with van der Waals surface area (Å²) >= 11 is 0. The van der Waals surface area contributed by atoms with Crippen LogP contribution >= 0.6 is 0 Å². The van der Waals surface area contributed by atoms with Gasteiger partial charge in [0, 0.05) is 5.56 Å². The van der Waals surface area contributed by atoms with Gasteiger partial charge in [-0.1, -0.05) is 0 Å². The van der Waals surface area contributed by atoms with Crippen LogP contribution in [0.15, 0.2) is 6.07 Å². The summed E-state index contributed by atoms with van der Waals surface area (Å²) in [6.07, 6.45) is 0. The Balaban J connectivity index is 3.40. The average molecular weight is 195 g/mol. The van der Waals surface area contributed by atoms with Gasteiger partial charge in [0.25, 0.3) is 0 Å². The fourth-order valence-electron chi connectivity index (χ4n) is 1.28. The van der Waals surface area contributed by atoms with Gasteiger partial charge in [0.15, 0.2) is 17.3 Å². The number of nitrogens with two attached hydrogens (primary N) is 1. The van der Waals surface area contributed by atoms with Crippen molar-refractivity contribution in [3.63, 3.8) is 0 Å². The van der Waals surface area contributed by atoms with Gasteiger partial charge in [-0.3, -0.25) is 4.79 Å². The zero-order chi connectivity index (χ0) is 10.9. The molecule has 0 aliphatic heterocycles. The van der Waals surface area contributed by atoms with Crippen molar-refractivity contribution in [2.75, 3.05) is 6.54 Å². The normalized spacial score (nSPS) is 10.2. The molecule has 0 saturated heterocycles. The molecule has 76 valence electrons. The van der Waals surface area contributed by atoms with E-state index in [1.165, 1.54) is 6.07 Å². The lowest BCUT2D eigenvalue weighted by Crippen LogP contribution is -2.15. The number of aromatic hydroxyl groups is 2. The van der Waals surface area contributed by atoms with E-state index in [0.717, 1.165) is 0 Å². The molecule has 0 atom stereocenters. The molecule has 1 aromatic rings. The summed E-state index contributed by atoms with van der Waals surface area (Å²) < 4.78 is 0. The van der Waals surface area contributed by atoms with E-state index in [-0.39, 0.29) is 23.8 Å². The minimum absolute atomic E-state index is 0.107. The first-order valence-corrected chi connectivity index (χ1v) is 4.24. The van der Waals surface area contributed by atoms with Gasteiger partial charge in [-0.25, -0.2) is 0 Å². The van der Waals surface area contributed by atoms with E-state index >= 15 is 0 Å². The molecule has 4 heteroatoms. The fourth-order valence-corrected chi connectivity index (χ4v) is 1.28. The van der Waals surface area contributed by atoms with Crippen LogP contribution in [-0.4, -0.2) is 22.5 Å². The Morgan fingerprint density at radius 2 is 1.93 bits per heavy atom. The lowest BCUT2D eigenvalue weighted by molar-refractivity contribution is 0.100. The highest BCUT2D eigenvalue weighted by Crippen LogP contribution is 2.32. The van der Waals surface area contributed by atoms with Crippen LogP contribution in [0.1, 0.15) is 21.5 Å². The van der Waals surface area contributed by atoms with Gasteiger partial charge in [-0.15, -0.1) is 0 Å². The number of rotatable bonds is 2. The first-order chi connectivity index (χ1) is 6.49. The van der Waals surface area contributed by atoms with E-state index in [0.29, 0.717) is 16.7 Å². The first kappa shape index (κ1) is 10.5. The summed E-state index contributed by atoms with van der Waals surface area (Å²) in [5.74, 6) is -0.720. The quantitative estimate of drug-likeness (QED) is 0.482. The number of carbonyl (C=O) groups excluding carboxylic acids is 1. The second-order valence-corrected chi connectivity index (χ2v) is 3.17. The van der Waals surface area contributed by atoms with Gasteiger partial charge in [0.05, 0.1) is 6.54 Å². The predicted octanol–water partition coefficient (Wildman–Crippen LogP) is 0.856. The third kappa shape index (κ3) is 1.56. The van der Waals surface area contributed by atoms with E-state index in [1.807, 2.05) is 0 Å². The van der Waals surface area contributed by atoms with E-state index < -0.39 is 0 Å². The number of Topliss-reactive ketones (excluding diaryl/α,β-unsaturated/α-hetero) is 1. The largest absolute Gasteiger partial charge is 0.504 e. The molecule has 0 radical (unpaired) electrons.